The number of hydrogen-bond acceptors (Lipinski definition) is 8. The van der Waals surface area contributed by atoms with Gasteiger partial charge in [-0.15, -0.1) is 0 Å². The van der Waals surface area contributed by atoms with Crippen molar-refractivity contribution >= 4 is 21.8 Å². The van der Waals surface area contributed by atoms with Gasteiger partial charge in [0.2, 0.25) is 0 Å². The van der Waals surface area contributed by atoms with E-state index in [-0.39, 0.29) is 5.75 Å². The summed E-state index contributed by atoms with van der Waals surface area (Å²) in [6.07, 6.45) is 6.69. The van der Waals surface area contributed by atoms with Crippen molar-refractivity contribution in [2.75, 3.05) is 5.75 Å². The normalized spacial score (nSPS) is 12.7. The SMILES string of the molecule is CCCCCCCCCCS(=O)(=O)C(CC(=O)OO)C(=O)OO. The van der Waals surface area contributed by atoms with E-state index in [4.69, 9.17) is 10.5 Å². The van der Waals surface area contributed by atoms with Crippen molar-refractivity contribution in [1.82, 2.24) is 0 Å². The first-order valence-electron chi connectivity index (χ1n) is 7.80. The lowest BCUT2D eigenvalue weighted by Gasteiger charge is -2.12. The lowest BCUT2D eigenvalue weighted by molar-refractivity contribution is -0.240. The highest BCUT2D eigenvalue weighted by Gasteiger charge is 2.36. The molecule has 0 fully saturated rings. The van der Waals surface area contributed by atoms with Crippen molar-refractivity contribution in [2.24, 2.45) is 0 Å². The van der Waals surface area contributed by atoms with Crippen LogP contribution in [-0.4, -0.2) is 41.9 Å². The third kappa shape index (κ3) is 9.52. The quantitative estimate of drug-likeness (QED) is 0.293. The average Bonchev–Trinajstić information content (AvgIpc) is 2.53. The fourth-order valence-electron chi connectivity index (χ4n) is 2.18. The molecule has 0 aromatic rings. The van der Waals surface area contributed by atoms with Crippen LogP contribution < -0.4 is 0 Å². The van der Waals surface area contributed by atoms with Crippen molar-refractivity contribution in [3.8, 4) is 0 Å². The first-order chi connectivity index (χ1) is 10.9. The van der Waals surface area contributed by atoms with Crippen LogP contribution in [0.25, 0.3) is 0 Å². The Kier molecular flexibility index (Phi) is 11.6. The van der Waals surface area contributed by atoms with E-state index in [0.717, 1.165) is 25.7 Å². The van der Waals surface area contributed by atoms with Gasteiger partial charge in [0.05, 0.1) is 12.2 Å². The summed E-state index contributed by atoms with van der Waals surface area (Å²) < 4.78 is 24.1. The summed E-state index contributed by atoms with van der Waals surface area (Å²) in [6.45, 7) is 2.13. The van der Waals surface area contributed by atoms with Crippen molar-refractivity contribution < 1.29 is 38.3 Å². The molecule has 0 amide bonds. The lowest BCUT2D eigenvalue weighted by Crippen LogP contribution is -2.35. The van der Waals surface area contributed by atoms with Crippen LogP contribution in [0.4, 0.5) is 0 Å². The van der Waals surface area contributed by atoms with Crippen LogP contribution in [0.15, 0.2) is 0 Å². The Morgan fingerprint density at radius 3 is 1.91 bits per heavy atom. The van der Waals surface area contributed by atoms with Gasteiger partial charge >= 0.3 is 11.9 Å². The van der Waals surface area contributed by atoms with Gasteiger partial charge in [-0.05, 0) is 6.42 Å². The number of carbonyl (C=O) groups is 2. The summed E-state index contributed by atoms with van der Waals surface area (Å²) in [5.74, 6) is -3.06. The molecule has 23 heavy (non-hydrogen) atoms. The van der Waals surface area contributed by atoms with E-state index in [1.54, 1.807) is 0 Å². The molecule has 0 spiro atoms. The van der Waals surface area contributed by atoms with Crippen LogP contribution >= 0.6 is 0 Å². The third-order valence-electron chi connectivity index (χ3n) is 3.52. The van der Waals surface area contributed by atoms with E-state index in [1.165, 1.54) is 12.8 Å². The predicted octanol–water partition coefficient (Wildman–Crippen LogP) is 2.33. The topological polar surface area (TPSA) is 127 Å². The van der Waals surface area contributed by atoms with Crippen LogP contribution in [0.5, 0.6) is 0 Å². The van der Waals surface area contributed by atoms with Gasteiger partial charge in [0, 0.05) is 0 Å². The van der Waals surface area contributed by atoms with Crippen molar-refractivity contribution in [3.63, 3.8) is 0 Å². The molecule has 0 saturated carbocycles. The molecule has 136 valence electrons. The molecule has 9 heteroatoms. The highest BCUT2D eigenvalue weighted by Crippen LogP contribution is 2.14. The van der Waals surface area contributed by atoms with Gasteiger partial charge in [-0.3, -0.25) is 4.89 Å². The minimum absolute atomic E-state index is 0.305. The summed E-state index contributed by atoms with van der Waals surface area (Å²) in [5, 5.41) is 14.6. The smallest absolute Gasteiger partial charge is 0.301 e. The van der Waals surface area contributed by atoms with Crippen LogP contribution in [0.1, 0.15) is 64.7 Å². The largest absolute Gasteiger partial charge is 0.360 e. The average molecular weight is 354 g/mol. The zero-order valence-electron chi connectivity index (χ0n) is 13.4. The van der Waals surface area contributed by atoms with Gasteiger partial charge in [-0.1, -0.05) is 51.9 Å². The molecule has 8 nitrogen and oxygen atoms in total. The standard InChI is InChI=1S/C14H26O8S/c1-2-3-4-5-6-7-8-9-10-23(19,20)12(14(16)22-18)11-13(15)21-17/h12,17-18H,2-11H2,1H3. The second-order valence-electron chi connectivity index (χ2n) is 5.41. The molecule has 0 aromatic carbocycles. The molecule has 0 aliphatic rings. The fraction of sp³-hybridized carbons (Fsp3) is 0.857. The summed E-state index contributed by atoms with van der Waals surface area (Å²) in [5.41, 5.74) is 0. The zero-order chi connectivity index (χ0) is 17.7. The minimum Gasteiger partial charge on any atom is -0.301 e. The number of carbonyl (C=O) groups excluding carboxylic acids is 2. The maximum absolute atomic E-state index is 12.1. The Morgan fingerprint density at radius 1 is 0.913 bits per heavy atom. The first kappa shape index (κ1) is 21.8. The summed E-state index contributed by atoms with van der Waals surface area (Å²) >= 11 is 0. The molecule has 1 unspecified atom stereocenters. The van der Waals surface area contributed by atoms with E-state index in [0.29, 0.717) is 12.8 Å². The highest BCUT2D eigenvalue weighted by molar-refractivity contribution is 7.92. The zero-order valence-corrected chi connectivity index (χ0v) is 14.2. The third-order valence-corrected chi connectivity index (χ3v) is 5.61. The molecular weight excluding hydrogens is 328 g/mol. The predicted molar refractivity (Wildman–Crippen MR) is 82.2 cm³/mol. The molecule has 0 aliphatic carbocycles. The highest BCUT2D eigenvalue weighted by atomic mass is 32.2. The van der Waals surface area contributed by atoms with Gasteiger partial charge in [0.1, 0.15) is 0 Å². The van der Waals surface area contributed by atoms with Crippen molar-refractivity contribution in [3.05, 3.63) is 0 Å². The molecule has 0 heterocycles. The molecule has 0 radical (unpaired) electrons. The number of sulfone groups is 1. The first-order valence-corrected chi connectivity index (χ1v) is 9.51. The molecule has 2 N–H and O–H groups in total. The molecule has 1 atom stereocenters. The second-order valence-corrected chi connectivity index (χ2v) is 7.71. The maximum Gasteiger partial charge on any atom is 0.360 e. The fourth-order valence-corrected chi connectivity index (χ4v) is 3.80. The summed E-state index contributed by atoms with van der Waals surface area (Å²) in [6, 6.07) is 0. The van der Waals surface area contributed by atoms with E-state index < -0.39 is 33.4 Å². The van der Waals surface area contributed by atoms with Crippen LogP contribution in [0.2, 0.25) is 0 Å². The minimum atomic E-state index is -3.99. The number of rotatable bonds is 13. The van der Waals surface area contributed by atoms with Gasteiger partial charge in [0.25, 0.3) is 0 Å². The van der Waals surface area contributed by atoms with E-state index in [9.17, 15) is 18.0 Å². The van der Waals surface area contributed by atoms with Crippen LogP contribution in [0, 0.1) is 0 Å². The molecule has 0 aromatic heterocycles. The lowest BCUT2D eigenvalue weighted by atomic mass is 10.1. The monoisotopic (exact) mass is 354 g/mol. The second kappa shape index (κ2) is 12.3. The number of unbranched alkanes of at least 4 members (excludes halogenated alkanes) is 7. The van der Waals surface area contributed by atoms with Crippen LogP contribution in [-0.2, 0) is 29.2 Å². The Bertz CT molecular complexity index is 446. The summed E-state index contributed by atoms with van der Waals surface area (Å²) in [7, 11) is -3.99. The van der Waals surface area contributed by atoms with Gasteiger partial charge in [-0.25, -0.2) is 18.0 Å². The summed E-state index contributed by atoms with van der Waals surface area (Å²) in [4.78, 5) is 29.1. The van der Waals surface area contributed by atoms with E-state index in [1.807, 2.05) is 0 Å². The van der Waals surface area contributed by atoms with Gasteiger partial charge in [0.15, 0.2) is 15.1 Å². The van der Waals surface area contributed by atoms with E-state index in [2.05, 4.69) is 16.7 Å². The molecular formula is C14H26O8S. The number of hydrogen-bond donors (Lipinski definition) is 2. The van der Waals surface area contributed by atoms with Crippen molar-refractivity contribution in [2.45, 2.75) is 70.0 Å². The maximum atomic E-state index is 12.1. The molecule has 0 bridgehead atoms. The molecule has 0 saturated heterocycles. The van der Waals surface area contributed by atoms with E-state index >= 15 is 0 Å². The molecule has 0 aliphatic heterocycles. The Hall–Kier alpha value is -1.19. The van der Waals surface area contributed by atoms with Gasteiger partial charge in [-0.2, -0.15) is 10.5 Å². The Labute approximate surface area is 136 Å². The molecule has 0 rings (SSSR count). The van der Waals surface area contributed by atoms with Crippen molar-refractivity contribution in [1.29, 1.82) is 0 Å². The van der Waals surface area contributed by atoms with Crippen LogP contribution in [0.3, 0.4) is 0 Å². The Balaban J connectivity index is 4.29. The Morgan fingerprint density at radius 2 is 1.43 bits per heavy atom. The van der Waals surface area contributed by atoms with Gasteiger partial charge < -0.3 is 4.89 Å².